The van der Waals surface area contributed by atoms with Gasteiger partial charge in [0.2, 0.25) is 0 Å². The normalized spacial score (nSPS) is 15.9. The van der Waals surface area contributed by atoms with Crippen LogP contribution in [0.15, 0.2) is 73.1 Å². The predicted octanol–water partition coefficient (Wildman–Crippen LogP) is 8.28. The summed E-state index contributed by atoms with van der Waals surface area (Å²) in [7, 11) is 0. The molecule has 0 aliphatic carbocycles. The summed E-state index contributed by atoms with van der Waals surface area (Å²) in [4.78, 5) is 54.6. The van der Waals surface area contributed by atoms with Crippen molar-refractivity contribution in [1.82, 2.24) is 9.97 Å². The summed E-state index contributed by atoms with van der Waals surface area (Å²) in [5.41, 5.74) is 4.23. The van der Waals surface area contributed by atoms with Crippen molar-refractivity contribution in [1.29, 1.82) is 0 Å². The Bertz CT molecular complexity index is 2250. The molecular weight excluding hydrogens is 738 g/mol. The van der Waals surface area contributed by atoms with Gasteiger partial charge in [-0.05, 0) is 85.8 Å². The number of carbonyl (C=O) groups excluding carboxylic acids is 3. The van der Waals surface area contributed by atoms with Crippen molar-refractivity contribution in [3.8, 4) is 10.6 Å². The third-order valence-corrected chi connectivity index (χ3v) is 11.8. The topological polar surface area (TPSA) is 117 Å². The highest BCUT2D eigenvalue weighted by Gasteiger charge is 2.45. The number of halogens is 3. The predicted molar refractivity (Wildman–Crippen MR) is 205 cm³/mol. The molecule has 3 amide bonds. The van der Waals surface area contributed by atoms with Crippen LogP contribution in [0.4, 0.5) is 27.3 Å². The molecule has 3 aromatic heterocycles. The van der Waals surface area contributed by atoms with Crippen molar-refractivity contribution in [3.63, 3.8) is 0 Å². The Morgan fingerprint density at radius 3 is 2.40 bits per heavy atom. The van der Waals surface area contributed by atoms with Crippen molar-refractivity contribution >= 4 is 75.1 Å². The number of rotatable bonds is 6. The molecule has 8 rings (SSSR count). The van der Waals surface area contributed by atoms with Crippen LogP contribution in [0.3, 0.4) is 0 Å². The summed E-state index contributed by atoms with van der Waals surface area (Å²) in [6.07, 6.45) is 5.27. The number of hydrogen-bond donors (Lipinski definition) is 2. The lowest BCUT2D eigenvalue weighted by Gasteiger charge is -2.53. The Morgan fingerprint density at radius 2 is 1.66 bits per heavy atom. The molecule has 0 bridgehead atoms. The van der Waals surface area contributed by atoms with Gasteiger partial charge < -0.3 is 25.2 Å². The lowest BCUT2D eigenvalue weighted by Crippen LogP contribution is -2.59. The fourth-order valence-electron chi connectivity index (χ4n) is 7.16. The number of aryl methyl sites for hydroxylation is 1. The van der Waals surface area contributed by atoms with E-state index in [0.29, 0.717) is 65.9 Å². The van der Waals surface area contributed by atoms with Crippen LogP contribution in [-0.4, -0.2) is 60.5 Å². The maximum absolute atomic E-state index is 14.7. The number of amides is 3. The van der Waals surface area contributed by atoms with Crippen LogP contribution in [0.2, 0.25) is 10.0 Å². The number of nitrogens with one attached hydrogen (secondary N) is 2. The summed E-state index contributed by atoms with van der Waals surface area (Å²) in [6, 6.07) is 16.4. The smallest absolute Gasteiger partial charge is 0.265 e. The number of ether oxygens (including phenoxy) is 1. The first-order valence-corrected chi connectivity index (χ1v) is 18.7. The van der Waals surface area contributed by atoms with Crippen LogP contribution in [0, 0.1) is 18.2 Å². The van der Waals surface area contributed by atoms with Crippen molar-refractivity contribution < 1.29 is 23.5 Å². The van der Waals surface area contributed by atoms with E-state index < -0.39 is 11.7 Å². The zero-order valence-corrected chi connectivity index (χ0v) is 30.9. The van der Waals surface area contributed by atoms with Gasteiger partial charge in [0.15, 0.2) is 0 Å². The highest BCUT2D eigenvalue weighted by Crippen LogP contribution is 2.43. The molecule has 0 unspecified atom stereocenters. The molecule has 53 heavy (non-hydrogen) atoms. The highest BCUT2D eigenvalue weighted by atomic mass is 35.5. The lowest BCUT2D eigenvalue weighted by molar-refractivity contribution is -0.000511. The number of fused-ring (bicyclic) bond motifs is 3. The summed E-state index contributed by atoms with van der Waals surface area (Å²) in [5, 5.41) is 6.36. The van der Waals surface area contributed by atoms with Gasteiger partial charge in [-0.25, -0.2) is 9.37 Å². The monoisotopic (exact) mass is 770 g/mol. The zero-order chi connectivity index (χ0) is 36.9. The molecule has 0 atom stereocenters. The molecule has 270 valence electrons. The van der Waals surface area contributed by atoms with Gasteiger partial charge in [0, 0.05) is 61.8 Å². The van der Waals surface area contributed by atoms with Gasteiger partial charge in [-0.2, -0.15) is 0 Å². The van der Waals surface area contributed by atoms with Crippen molar-refractivity contribution in [2.24, 2.45) is 5.41 Å². The van der Waals surface area contributed by atoms with E-state index in [1.54, 1.807) is 54.7 Å². The third-order valence-electron chi connectivity index (χ3n) is 9.97. The highest BCUT2D eigenvalue weighted by molar-refractivity contribution is 7.17. The SMILES string of the molecule is Cc1cnc(N2CC3(CCOCC3)C2)c(C(=O)Nc2ccc(C(=O)N3CCc4cc(C(=O)Nc5c(Cl)cccc5Cl)sc4-c4ncc(F)cc43)cc2)c1. The van der Waals surface area contributed by atoms with Gasteiger partial charge in [-0.15, -0.1) is 11.3 Å². The number of pyridine rings is 2. The second-order valence-corrected chi connectivity index (χ2v) is 15.5. The molecule has 6 heterocycles. The molecule has 2 fully saturated rings. The van der Waals surface area contributed by atoms with Gasteiger partial charge in [0.25, 0.3) is 17.7 Å². The van der Waals surface area contributed by atoms with Crippen LogP contribution in [-0.2, 0) is 11.2 Å². The first-order valence-electron chi connectivity index (χ1n) is 17.1. The maximum atomic E-state index is 14.7. The summed E-state index contributed by atoms with van der Waals surface area (Å²) < 4.78 is 20.2. The fourth-order valence-corrected chi connectivity index (χ4v) is 8.76. The number of nitrogens with zero attached hydrogens (tertiary/aromatic N) is 4. The molecule has 2 aromatic carbocycles. The molecule has 0 radical (unpaired) electrons. The summed E-state index contributed by atoms with van der Waals surface area (Å²) in [6.45, 7) is 5.32. The summed E-state index contributed by atoms with van der Waals surface area (Å²) >= 11 is 13.7. The minimum atomic E-state index is -0.600. The molecule has 0 saturated carbocycles. The average Bonchev–Trinajstić information content (AvgIpc) is 3.51. The number of para-hydroxylation sites is 1. The Hall–Kier alpha value is -4.88. The molecule has 3 aliphatic heterocycles. The van der Waals surface area contributed by atoms with Gasteiger partial charge in [0.1, 0.15) is 17.3 Å². The zero-order valence-electron chi connectivity index (χ0n) is 28.5. The molecular formula is C39H33Cl2FN6O4S. The van der Waals surface area contributed by atoms with E-state index in [1.807, 2.05) is 13.0 Å². The number of hydrogen-bond acceptors (Lipinski definition) is 8. The standard InChI is InChI=1S/C39H33Cl2FN6O4S/c1-22-15-27(35(44-18-22)47-20-39(21-47)10-13-52-14-11-39)36(49)45-26-7-5-23(6-8-26)38(51)48-12-9-24-16-31(37(50)46-32-28(40)3-2-4-29(32)41)53-34(24)33-30(48)17-25(42)19-43-33/h2-8,15-19H,9-14,20-21H2,1H3,(H,45,49)(H,46,50). The van der Waals surface area contributed by atoms with E-state index in [0.717, 1.165) is 56.5 Å². The Kier molecular flexibility index (Phi) is 9.40. The minimum absolute atomic E-state index is 0.213. The second kappa shape index (κ2) is 14.2. The second-order valence-electron chi connectivity index (χ2n) is 13.6. The third kappa shape index (κ3) is 6.88. The lowest BCUT2D eigenvalue weighted by atomic mass is 9.73. The van der Waals surface area contributed by atoms with E-state index in [1.165, 1.54) is 22.3 Å². The molecule has 3 aliphatic rings. The number of thiophene rings is 1. The minimum Gasteiger partial charge on any atom is -0.381 e. The Balaban J connectivity index is 0.991. The maximum Gasteiger partial charge on any atom is 0.265 e. The molecule has 2 saturated heterocycles. The van der Waals surface area contributed by atoms with E-state index in [9.17, 15) is 18.8 Å². The van der Waals surface area contributed by atoms with Crippen molar-refractivity contribution in [3.05, 3.63) is 116 Å². The molecule has 2 N–H and O–H groups in total. The first-order chi connectivity index (χ1) is 25.6. The van der Waals surface area contributed by atoms with E-state index in [-0.39, 0.29) is 23.8 Å². The van der Waals surface area contributed by atoms with Crippen LogP contribution in [0.5, 0.6) is 0 Å². The fraction of sp³-hybridized carbons (Fsp3) is 0.256. The van der Waals surface area contributed by atoms with Crippen LogP contribution in [0.1, 0.15) is 54.4 Å². The summed E-state index contributed by atoms with van der Waals surface area (Å²) in [5.74, 6) is -0.995. The number of carbonyl (C=O) groups is 3. The molecule has 5 aromatic rings. The molecule has 10 nitrogen and oxygen atoms in total. The Morgan fingerprint density at radius 1 is 0.925 bits per heavy atom. The van der Waals surface area contributed by atoms with Gasteiger partial charge >= 0.3 is 0 Å². The number of anilines is 4. The molecule has 1 spiro atoms. The average molecular weight is 772 g/mol. The molecule has 14 heteroatoms. The Labute approximate surface area is 318 Å². The van der Waals surface area contributed by atoms with E-state index >= 15 is 0 Å². The van der Waals surface area contributed by atoms with Gasteiger partial charge in [-0.3, -0.25) is 19.4 Å². The van der Waals surface area contributed by atoms with Crippen molar-refractivity contribution in [2.75, 3.05) is 53.3 Å². The quantitative estimate of drug-likeness (QED) is 0.179. The van der Waals surface area contributed by atoms with Crippen LogP contribution in [0.25, 0.3) is 10.6 Å². The van der Waals surface area contributed by atoms with Crippen LogP contribution < -0.4 is 20.4 Å². The van der Waals surface area contributed by atoms with Gasteiger partial charge in [0.05, 0.1) is 42.9 Å². The first kappa shape index (κ1) is 35.2. The van der Waals surface area contributed by atoms with Gasteiger partial charge in [-0.1, -0.05) is 29.3 Å². The van der Waals surface area contributed by atoms with Crippen LogP contribution >= 0.6 is 34.5 Å². The largest absolute Gasteiger partial charge is 0.381 e. The van der Waals surface area contributed by atoms with Crippen molar-refractivity contribution in [2.45, 2.75) is 26.2 Å². The number of aromatic nitrogens is 2. The number of benzene rings is 2. The van der Waals surface area contributed by atoms with E-state index in [4.69, 9.17) is 27.9 Å². The van der Waals surface area contributed by atoms with E-state index in [2.05, 4.69) is 25.5 Å².